The Balaban J connectivity index is 0.000000199. The molecule has 2 bridgehead atoms. The Morgan fingerprint density at radius 2 is 1.59 bits per heavy atom. The average molecular weight is 586 g/mol. The summed E-state index contributed by atoms with van der Waals surface area (Å²) in [5, 5.41) is 1.66. The van der Waals surface area contributed by atoms with Crippen molar-refractivity contribution in [1.82, 2.24) is 0 Å². The first-order valence-electron chi connectivity index (χ1n) is 11.6. The van der Waals surface area contributed by atoms with Gasteiger partial charge in [-0.1, -0.05) is 18.7 Å². The minimum absolute atomic E-state index is 0. The summed E-state index contributed by atoms with van der Waals surface area (Å²) in [7, 11) is -1.08. The van der Waals surface area contributed by atoms with Crippen LogP contribution in [0.4, 0.5) is 0 Å². The van der Waals surface area contributed by atoms with Gasteiger partial charge in [-0.15, -0.1) is 0 Å². The van der Waals surface area contributed by atoms with Gasteiger partial charge in [0.2, 0.25) is 0 Å². The molecule has 0 amide bonds. The van der Waals surface area contributed by atoms with E-state index in [1.165, 1.54) is 44.7 Å². The molecule has 0 N–H and O–H groups in total. The zero-order valence-electron chi connectivity index (χ0n) is 20.7. The molecule has 0 saturated heterocycles. The monoisotopic (exact) mass is 583 g/mol. The van der Waals surface area contributed by atoms with Crippen LogP contribution in [0, 0.1) is 0 Å². The molecule has 34 heavy (non-hydrogen) atoms. The second-order valence-corrected chi connectivity index (χ2v) is 16.3. The molecule has 1 aromatic heterocycles. The van der Waals surface area contributed by atoms with E-state index >= 15 is 0 Å². The maximum absolute atomic E-state index is 5.53. The van der Waals surface area contributed by atoms with Crippen molar-refractivity contribution in [3.63, 3.8) is 0 Å². The molecule has 175 valence electrons. The van der Waals surface area contributed by atoms with Gasteiger partial charge in [-0.05, 0) is 18.2 Å². The average Bonchev–Trinajstić information content (AvgIpc) is 3.45. The Hall–Kier alpha value is -1.12. The molecule has 0 spiro atoms. The van der Waals surface area contributed by atoms with Crippen LogP contribution in [0.15, 0.2) is 70.4 Å². The molecular weight excluding hydrogens is 555 g/mol. The van der Waals surface area contributed by atoms with E-state index in [1.54, 1.807) is 35.5 Å². The van der Waals surface area contributed by atoms with Crippen molar-refractivity contribution in [3.05, 3.63) is 94.0 Å². The third-order valence-electron chi connectivity index (χ3n) is 7.59. The van der Waals surface area contributed by atoms with Crippen LogP contribution in [-0.4, -0.2) is 8.07 Å². The number of halogens is 2. The largest absolute Gasteiger partial charge is 1.00 e. The van der Waals surface area contributed by atoms with E-state index in [2.05, 4.69) is 95.4 Å². The number of fused-ring (bicyclic) bond motifs is 1. The molecule has 2 atom stereocenters. The second kappa shape index (κ2) is 10.1. The third-order valence-corrected chi connectivity index (χ3v) is 13.6. The van der Waals surface area contributed by atoms with Gasteiger partial charge in [0.15, 0.2) is 0 Å². The van der Waals surface area contributed by atoms with Gasteiger partial charge in [-0.2, -0.15) is 0 Å². The van der Waals surface area contributed by atoms with Gasteiger partial charge in [0.1, 0.15) is 5.76 Å². The standard InChI is InChI=1S/C19H19.C10H12OSi.2ClH.Zr/c1-13(2)15-7-9-16(10-8-15)18-6-4-5-17-11-14(3)12-19(17)18;1-6-9-7-4-5-11-8(7)10(6)12(9,2)3;;;/h4-13H,1-3H3;4-5,10H,1-3H3;2*1H;/q;;;;+2/p-2. The molecule has 3 heterocycles. The predicted molar refractivity (Wildman–Crippen MR) is 134 cm³/mol. The minimum atomic E-state index is -1.08. The first-order chi connectivity index (χ1) is 15.2. The SMILES string of the molecule is CC1=C2c3ccoc3C1[Si]2(C)C.CC1=Cc2c(-c3ccc(C(C)C)cc3)cccc2[CH]1[Zr+2].[Cl-].[Cl-]. The Morgan fingerprint density at radius 3 is 2.18 bits per heavy atom. The van der Waals surface area contributed by atoms with Crippen molar-refractivity contribution in [2.45, 2.75) is 55.9 Å². The van der Waals surface area contributed by atoms with Gasteiger partial charge in [-0.25, -0.2) is 0 Å². The summed E-state index contributed by atoms with van der Waals surface area (Å²) < 4.78 is 6.17. The van der Waals surface area contributed by atoms with Crippen LogP contribution in [0.5, 0.6) is 0 Å². The van der Waals surface area contributed by atoms with Crippen molar-refractivity contribution in [2.75, 3.05) is 0 Å². The van der Waals surface area contributed by atoms with Crippen LogP contribution in [0.1, 0.15) is 70.8 Å². The first kappa shape index (κ1) is 27.5. The number of allylic oxidation sites excluding steroid dienone is 2. The van der Waals surface area contributed by atoms with E-state index in [0.717, 1.165) is 0 Å². The molecule has 4 aliphatic rings. The normalized spacial score (nSPS) is 20.3. The fourth-order valence-corrected chi connectivity index (χ4v) is 11.0. The summed E-state index contributed by atoms with van der Waals surface area (Å²) in [5.74, 6) is 1.86. The Bertz CT molecular complexity index is 1270. The minimum Gasteiger partial charge on any atom is -1.00 e. The molecule has 2 aromatic carbocycles. The number of rotatable bonds is 2. The van der Waals surface area contributed by atoms with Crippen molar-refractivity contribution in [3.8, 4) is 11.1 Å². The quantitative estimate of drug-likeness (QED) is 0.422. The van der Waals surface area contributed by atoms with Gasteiger partial charge in [0, 0.05) is 11.1 Å². The van der Waals surface area contributed by atoms with Crippen molar-refractivity contribution in [2.24, 2.45) is 0 Å². The van der Waals surface area contributed by atoms with Crippen molar-refractivity contribution < 1.29 is 54.0 Å². The first-order valence-corrected chi connectivity index (χ1v) is 16.1. The van der Waals surface area contributed by atoms with Gasteiger partial charge in [0.05, 0.1) is 14.3 Å². The second-order valence-electron chi connectivity index (χ2n) is 10.3. The van der Waals surface area contributed by atoms with Crippen molar-refractivity contribution >= 4 is 19.3 Å². The van der Waals surface area contributed by atoms with Crippen LogP contribution in [0.3, 0.4) is 0 Å². The van der Waals surface area contributed by atoms with E-state index < -0.39 is 8.07 Å². The molecule has 7 rings (SSSR count). The molecule has 2 aliphatic carbocycles. The van der Waals surface area contributed by atoms with Gasteiger partial charge in [0.25, 0.3) is 0 Å². The summed E-state index contributed by atoms with van der Waals surface area (Å²) in [6.45, 7) is 13.9. The molecule has 0 fully saturated rings. The van der Waals surface area contributed by atoms with Crippen LogP contribution < -0.4 is 24.8 Å². The fraction of sp³-hybridized carbons (Fsp3) is 0.310. The van der Waals surface area contributed by atoms with Gasteiger partial charge < -0.3 is 29.2 Å². The molecule has 1 nitrogen and oxygen atoms in total. The van der Waals surface area contributed by atoms with Gasteiger partial charge in [-0.3, -0.25) is 0 Å². The smallest absolute Gasteiger partial charge is 1.00 e. The van der Waals surface area contributed by atoms with E-state index in [-0.39, 0.29) is 24.8 Å². The zero-order chi connectivity index (χ0) is 22.8. The number of furan rings is 1. The van der Waals surface area contributed by atoms with Crippen LogP contribution in [0.2, 0.25) is 13.1 Å². The summed E-state index contributed by atoms with van der Waals surface area (Å²) in [6.07, 6.45) is 4.20. The molecule has 2 unspecified atom stereocenters. The maximum atomic E-state index is 5.53. The Labute approximate surface area is 232 Å². The Morgan fingerprint density at radius 1 is 0.912 bits per heavy atom. The van der Waals surface area contributed by atoms with Crippen LogP contribution in [-0.2, 0) is 24.7 Å². The van der Waals surface area contributed by atoms with E-state index in [0.29, 0.717) is 15.1 Å². The molecule has 5 heteroatoms. The molecule has 0 saturated carbocycles. The number of hydrogen-bond donors (Lipinski definition) is 0. The Kier molecular flexibility index (Phi) is 8.15. The van der Waals surface area contributed by atoms with Crippen LogP contribution >= 0.6 is 0 Å². The zero-order valence-corrected chi connectivity index (χ0v) is 25.6. The van der Waals surface area contributed by atoms with Gasteiger partial charge >= 0.3 is 137 Å². The predicted octanol–water partition coefficient (Wildman–Crippen LogP) is 2.44. The molecular formula is C29H31Cl2OSiZr. The summed E-state index contributed by atoms with van der Waals surface area (Å²) in [4.78, 5) is 0. The van der Waals surface area contributed by atoms with E-state index in [4.69, 9.17) is 4.42 Å². The van der Waals surface area contributed by atoms with Crippen LogP contribution in [0.25, 0.3) is 22.4 Å². The summed E-state index contributed by atoms with van der Waals surface area (Å²) >= 11 is 1.59. The summed E-state index contributed by atoms with van der Waals surface area (Å²) in [6, 6.07) is 17.9. The van der Waals surface area contributed by atoms with E-state index in [1.807, 2.05) is 6.26 Å². The fourth-order valence-electron chi connectivity index (χ4n) is 5.95. The molecule has 0 radical (unpaired) electrons. The van der Waals surface area contributed by atoms with E-state index in [9.17, 15) is 0 Å². The maximum Gasteiger partial charge on any atom is -1.00 e. The number of hydrogen-bond acceptors (Lipinski definition) is 1. The molecule has 2 aliphatic heterocycles. The molecule has 3 aromatic rings. The summed E-state index contributed by atoms with van der Waals surface area (Å²) in [5.41, 5.74) is 12.3. The topological polar surface area (TPSA) is 13.1 Å². The third kappa shape index (κ3) is 4.21. The number of benzene rings is 2. The van der Waals surface area contributed by atoms with Crippen molar-refractivity contribution in [1.29, 1.82) is 0 Å².